The summed E-state index contributed by atoms with van der Waals surface area (Å²) in [6.07, 6.45) is -0.253. The van der Waals surface area contributed by atoms with Gasteiger partial charge in [-0.2, -0.15) is 0 Å². The molecule has 0 aliphatic heterocycles. The van der Waals surface area contributed by atoms with Crippen molar-refractivity contribution in [1.29, 1.82) is 0 Å². The van der Waals surface area contributed by atoms with Crippen molar-refractivity contribution in [2.45, 2.75) is 50.7 Å². The van der Waals surface area contributed by atoms with Crippen LogP contribution in [0.3, 0.4) is 0 Å². The summed E-state index contributed by atoms with van der Waals surface area (Å²) >= 11 is 0. The van der Waals surface area contributed by atoms with Gasteiger partial charge in [-0.25, -0.2) is 0 Å². The van der Waals surface area contributed by atoms with Crippen molar-refractivity contribution in [2.24, 2.45) is 0 Å². The molecule has 6 rings (SSSR count). The van der Waals surface area contributed by atoms with Gasteiger partial charge in [-0.3, -0.25) is 9.59 Å². The van der Waals surface area contributed by atoms with Crippen molar-refractivity contribution in [1.82, 2.24) is 0 Å². The van der Waals surface area contributed by atoms with E-state index in [0.717, 1.165) is 0 Å². The van der Waals surface area contributed by atoms with Gasteiger partial charge in [-0.15, -0.1) is 0 Å². The highest BCUT2D eigenvalue weighted by molar-refractivity contribution is 6.17. The fraction of sp³-hybridized carbons (Fsp3) is 0.267. The van der Waals surface area contributed by atoms with E-state index in [4.69, 9.17) is 0 Å². The molecule has 0 fully saturated rings. The number of hydrogen-bond donors (Lipinski definition) is 6. The first kappa shape index (κ1) is 24.2. The molecule has 0 radical (unpaired) electrons. The zero-order chi connectivity index (χ0) is 27.3. The molecule has 0 saturated heterocycles. The van der Waals surface area contributed by atoms with E-state index in [-0.39, 0.29) is 64.6 Å². The summed E-state index contributed by atoms with van der Waals surface area (Å²) < 4.78 is 0. The predicted molar refractivity (Wildman–Crippen MR) is 140 cm³/mol. The number of ketones is 2. The molecule has 0 heterocycles. The smallest absolute Gasteiger partial charge is 0.169 e. The van der Waals surface area contributed by atoms with Gasteiger partial charge in [0.15, 0.2) is 11.6 Å². The molecule has 0 unspecified atom stereocenters. The number of aromatic hydroxyl groups is 4. The lowest BCUT2D eigenvalue weighted by molar-refractivity contribution is 0.0396. The number of aliphatic hydroxyl groups is 2. The van der Waals surface area contributed by atoms with Crippen LogP contribution in [0.4, 0.5) is 0 Å². The Morgan fingerprint density at radius 1 is 0.684 bits per heavy atom. The lowest BCUT2D eigenvalue weighted by Crippen LogP contribution is -2.36. The maximum atomic E-state index is 13.1. The SMILES string of the molecule is C[C@]1(O)CC(=O)c2c(c(-c3ccc4cc5c(c(O)c4c3O)C(=O)C[C@@](C)(O)C5)c3cccc(O)c3c2O)C1. The topological polar surface area (TPSA) is 156 Å². The minimum atomic E-state index is -1.41. The lowest BCUT2D eigenvalue weighted by Gasteiger charge is -2.32. The minimum absolute atomic E-state index is 0.0101. The zero-order valence-electron chi connectivity index (χ0n) is 20.8. The summed E-state index contributed by atoms with van der Waals surface area (Å²) in [5, 5.41) is 66.6. The van der Waals surface area contributed by atoms with Crippen LogP contribution in [-0.4, -0.2) is 53.4 Å². The van der Waals surface area contributed by atoms with Crippen molar-refractivity contribution in [3.8, 4) is 34.1 Å². The van der Waals surface area contributed by atoms with Gasteiger partial charge >= 0.3 is 0 Å². The van der Waals surface area contributed by atoms with E-state index in [2.05, 4.69) is 0 Å². The predicted octanol–water partition coefficient (Wildman–Crippen LogP) is 4.24. The Bertz CT molecular complexity index is 1750. The van der Waals surface area contributed by atoms with Crippen LogP contribution in [0.25, 0.3) is 32.7 Å². The summed E-state index contributed by atoms with van der Waals surface area (Å²) in [6.45, 7) is 3.07. The molecule has 4 aromatic rings. The first-order valence-electron chi connectivity index (χ1n) is 12.3. The second-order valence-corrected chi connectivity index (χ2v) is 11.1. The lowest BCUT2D eigenvalue weighted by atomic mass is 9.75. The van der Waals surface area contributed by atoms with E-state index in [1.165, 1.54) is 13.0 Å². The van der Waals surface area contributed by atoms with E-state index in [0.29, 0.717) is 27.5 Å². The van der Waals surface area contributed by atoms with Crippen molar-refractivity contribution in [2.75, 3.05) is 0 Å². The van der Waals surface area contributed by atoms with E-state index in [9.17, 15) is 40.2 Å². The summed E-state index contributed by atoms with van der Waals surface area (Å²) in [6, 6.07) is 9.46. The second-order valence-electron chi connectivity index (χ2n) is 11.1. The van der Waals surface area contributed by atoms with E-state index in [1.54, 1.807) is 37.3 Å². The summed E-state index contributed by atoms with van der Waals surface area (Å²) in [5.74, 6) is -2.37. The Balaban J connectivity index is 1.73. The van der Waals surface area contributed by atoms with Crippen molar-refractivity contribution < 1.29 is 40.2 Å². The molecule has 6 N–H and O–H groups in total. The number of fused-ring (bicyclic) bond motifs is 4. The Labute approximate surface area is 217 Å². The fourth-order valence-corrected chi connectivity index (χ4v) is 6.29. The number of phenols is 4. The van der Waals surface area contributed by atoms with Crippen LogP contribution in [0.1, 0.15) is 58.5 Å². The van der Waals surface area contributed by atoms with Crippen LogP contribution in [0.5, 0.6) is 23.0 Å². The molecule has 0 bridgehead atoms. The van der Waals surface area contributed by atoms with Gasteiger partial charge < -0.3 is 30.6 Å². The van der Waals surface area contributed by atoms with Crippen LogP contribution in [0, 0.1) is 0 Å². The van der Waals surface area contributed by atoms with E-state index in [1.807, 2.05) is 0 Å². The molecule has 2 atom stereocenters. The molecular formula is C30H26O8. The molecule has 2 aliphatic carbocycles. The average Bonchev–Trinajstić information content (AvgIpc) is 2.77. The largest absolute Gasteiger partial charge is 0.507 e. The van der Waals surface area contributed by atoms with Gasteiger partial charge in [-0.1, -0.05) is 18.2 Å². The number of hydrogen-bond acceptors (Lipinski definition) is 8. The van der Waals surface area contributed by atoms with Crippen LogP contribution in [0.2, 0.25) is 0 Å². The van der Waals surface area contributed by atoms with Crippen LogP contribution in [-0.2, 0) is 12.8 Å². The van der Waals surface area contributed by atoms with E-state index >= 15 is 0 Å². The molecule has 0 spiro atoms. The molecule has 0 amide bonds. The Hall–Kier alpha value is -4.14. The molecular weight excluding hydrogens is 488 g/mol. The third-order valence-electron chi connectivity index (χ3n) is 7.76. The highest BCUT2D eigenvalue weighted by Crippen LogP contribution is 2.52. The van der Waals surface area contributed by atoms with Crippen LogP contribution < -0.4 is 0 Å². The number of carbonyl (C=O) groups is 2. The molecule has 4 aromatic carbocycles. The molecule has 8 heteroatoms. The maximum Gasteiger partial charge on any atom is 0.169 e. The monoisotopic (exact) mass is 514 g/mol. The van der Waals surface area contributed by atoms with Crippen LogP contribution >= 0.6 is 0 Å². The number of benzene rings is 4. The first-order chi connectivity index (χ1) is 17.8. The Kier molecular flexibility index (Phi) is 4.90. The molecule has 194 valence electrons. The van der Waals surface area contributed by atoms with Gasteiger partial charge in [0.05, 0.1) is 33.1 Å². The van der Waals surface area contributed by atoms with Gasteiger partial charge in [0.25, 0.3) is 0 Å². The highest BCUT2D eigenvalue weighted by Gasteiger charge is 2.39. The van der Waals surface area contributed by atoms with Crippen molar-refractivity contribution >= 4 is 33.1 Å². The van der Waals surface area contributed by atoms with Crippen molar-refractivity contribution in [3.63, 3.8) is 0 Å². The summed E-state index contributed by atoms with van der Waals surface area (Å²) in [5.41, 5.74) is -1.35. The maximum absolute atomic E-state index is 13.1. The standard InChI is InChI=1S/C30H26O8/c1-29(37)9-14-8-13-6-7-16(26(34)22(13)27(35)21(14)19(32)11-29)23-15-4-3-5-18(31)24(15)28(36)25-17(23)10-30(2,38)12-20(25)33/h3-8,31,34-38H,9-12H2,1-2H3/t29-,30+/m0/s1. The summed E-state index contributed by atoms with van der Waals surface area (Å²) in [7, 11) is 0. The first-order valence-corrected chi connectivity index (χ1v) is 12.3. The summed E-state index contributed by atoms with van der Waals surface area (Å²) in [4.78, 5) is 26.0. The van der Waals surface area contributed by atoms with Gasteiger partial charge in [0, 0.05) is 31.2 Å². The van der Waals surface area contributed by atoms with Crippen molar-refractivity contribution in [3.05, 3.63) is 58.7 Å². The number of phenolic OH excluding ortho intramolecular Hbond substituents is 4. The normalized spacial score (nSPS) is 23.1. The Morgan fingerprint density at radius 3 is 2.03 bits per heavy atom. The molecule has 38 heavy (non-hydrogen) atoms. The number of rotatable bonds is 1. The molecule has 0 aromatic heterocycles. The minimum Gasteiger partial charge on any atom is -0.507 e. The highest BCUT2D eigenvalue weighted by atomic mass is 16.3. The Morgan fingerprint density at radius 2 is 1.32 bits per heavy atom. The second kappa shape index (κ2) is 7.69. The number of carbonyl (C=O) groups excluding carboxylic acids is 2. The van der Waals surface area contributed by atoms with Gasteiger partial charge in [0.1, 0.15) is 23.0 Å². The third kappa shape index (κ3) is 3.37. The zero-order valence-corrected chi connectivity index (χ0v) is 20.8. The fourth-order valence-electron chi connectivity index (χ4n) is 6.29. The number of Topliss-reactive ketones (excluding diaryl/α,β-unsaturated/α-hetero) is 2. The molecule has 0 saturated carbocycles. The average molecular weight is 515 g/mol. The molecule has 8 nitrogen and oxygen atoms in total. The van der Waals surface area contributed by atoms with Gasteiger partial charge in [-0.05, 0) is 59.5 Å². The third-order valence-corrected chi connectivity index (χ3v) is 7.76. The van der Waals surface area contributed by atoms with Crippen LogP contribution in [0.15, 0.2) is 36.4 Å². The van der Waals surface area contributed by atoms with Gasteiger partial charge in [0.2, 0.25) is 0 Å². The van der Waals surface area contributed by atoms with E-state index < -0.39 is 34.3 Å². The quantitative estimate of drug-likeness (QED) is 0.220. The molecule has 2 aliphatic rings.